The van der Waals surface area contributed by atoms with Crippen molar-refractivity contribution in [3.8, 4) is 0 Å². The first-order valence-corrected chi connectivity index (χ1v) is 6.75. The van der Waals surface area contributed by atoms with Gasteiger partial charge in [0.15, 0.2) is 0 Å². The highest BCUT2D eigenvalue weighted by atomic mass is 16.5. The van der Waals surface area contributed by atoms with Gasteiger partial charge in [-0.15, -0.1) is 0 Å². The molecule has 0 unspecified atom stereocenters. The second-order valence-electron chi connectivity index (χ2n) is 5.36. The fourth-order valence-electron chi connectivity index (χ4n) is 3.11. The second-order valence-corrected chi connectivity index (χ2v) is 5.36. The lowest BCUT2D eigenvalue weighted by Gasteiger charge is -2.47. The highest BCUT2D eigenvalue weighted by Crippen LogP contribution is 2.38. The van der Waals surface area contributed by atoms with Gasteiger partial charge in [0.1, 0.15) is 0 Å². The van der Waals surface area contributed by atoms with Crippen LogP contribution in [0, 0.1) is 0 Å². The molecule has 0 bridgehead atoms. The van der Waals surface area contributed by atoms with E-state index in [4.69, 9.17) is 4.74 Å². The first-order valence-electron chi connectivity index (χ1n) is 6.75. The lowest BCUT2D eigenvalue weighted by Crippen LogP contribution is -2.52. The molecule has 2 saturated heterocycles. The largest absolute Gasteiger partial charge is 0.393 e. The molecule has 0 aromatic heterocycles. The van der Waals surface area contributed by atoms with Crippen LogP contribution in [0.5, 0.6) is 0 Å². The van der Waals surface area contributed by atoms with E-state index in [0.29, 0.717) is 0 Å². The molecule has 2 aliphatic heterocycles. The first-order chi connectivity index (χ1) is 7.67. The van der Waals surface area contributed by atoms with Crippen molar-refractivity contribution in [1.82, 2.24) is 4.90 Å². The van der Waals surface area contributed by atoms with E-state index in [-0.39, 0.29) is 17.8 Å². The SMILES string of the molecule is CC[C@H]1C[C@@H](O)CC2(CCN(CC)CC2)O1. The minimum Gasteiger partial charge on any atom is -0.393 e. The van der Waals surface area contributed by atoms with Crippen LogP contribution in [0.4, 0.5) is 0 Å². The molecule has 3 nitrogen and oxygen atoms in total. The molecule has 1 spiro atoms. The fourth-order valence-corrected chi connectivity index (χ4v) is 3.11. The molecule has 0 radical (unpaired) electrons. The van der Waals surface area contributed by atoms with E-state index in [9.17, 15) is 5.11 Å². The molecule has 2 heterocycles. The minimum absolute atomic E-state index is 0.00991. The van der Waals surface area contributed by atoms with Crippen LogP contribution in [0.1, 0.15) is 46.0 Å². The molecule has 94 valence electrons. The van der Waals surface area contributed by atoms with Crippen molar-refractivity contribution in [2.45, 2.75) is 63.8 Å². The summed E-state index contributed by atoms with van der Waals surface area (Å²) in [7, 11) is 0. The van der Waals surface area contributed by atoms with Crippen LogP contribution in [0.25, 0.3) is 0 Å². The topological polar surface area (TPSA) is 32.7 Å². The van der Waals surface area contributed by atoms with E-state index in [1.165, 1.54) is 0 Å². The van der Waals surface area contributed by atoms with Gasteiger partial charge in [-0.25, -0.2) is 0 Å². The maximum Gasteiger partial charge on any atom is 0.0735 e. The summed E-state index contributed by atoms with van der Waals surface area (Å²) in [4.78, 5) is 2.47. The first kappa shape index (κ1) is 12.3. The smallest absolute Gasteiger partial charge is 0.0735 e. The van der Waals surface area contributed by atoms with Gasteiger partial charge in [0, 0.05) is 19.5 Å². The summed E-state index contributed by atoms with van der Waals surface area (Å²) in [6.07, 6.45) is 5.01. The van der Waals surface area contributed by atoms with Crippen LogP contribution < -0.4 is 0 Å². The quantitative estimate of drug-likeness (QED) is 0.780. The molecular formula is C13H25NO2. The van der Waals surface area contributed by atoms with Crippen molar-refractivity contribution >= 4 is 0 Å². The Hall–Kier alpha value is -0.120. The maximum absolute atomic E-state index is 9.96. The van der Waals surface area contributed by atoms with Crippen LogP contribution >= 0.6 is 0 Å². The third-order valence-corrected chi connectivity index (χ3v) is 4.23. The van der Waals surface area contributed by atoms with Gasteiger partial charge >= 0.3 is 0 Å². The van der Waals surface area contributed by atoms with Crippen LogP contribution in [0.3, 0.4) is 0 Å². The highest BCUT2D eigenvalue weighted by Gasteiger charge is 2.42. The Morgan fingerprint density at radius 2 is 2.00 bits per heavy atom. The zero-order chi connectivity index (χ0) is 11.6. The predicted octanol–water partition coefficient (Wildman–Crippen LogP) is 1.79. The number of nitrogens with zero attached hydrogens (tertiary/aromatic N) is 1. The van der Waals surface area contributed by atoms with Crippen LogP contribution in [0.2, 0.25) is 0 Å². The highest BCUT2D eigenvalue weighted by molar-refractivity contribution is 4.94. The summed E-state index contributed by atoms with van der Waals surface area (Å²) in [5.74, 6) is 0. The van der Waals surface area contributed by atoms with E-state index < -0.39 is 0 Å². The normalized spacial score (nSPS) is 35.4. The zero-order valence-electron chi connectivity index (χ0n) is 10.6. The van der Waals surface area contributed by atoms with Crippen LogP contribution in [-0.4, -0.2) is 47.4 Å². The van der Waals surface area contributed by atoms with Crippen molar-refractivity contribution in [1.29, 1.82) is 0 Å². The summed E-state index contributed by atoms with van der Waals surface area (Å²) in [5, 5.41) is 9.96. The number of piperidine rings is 1. The molecule has 1 N–H and O–H groups in total. The molecule has 0 aromatic rings. The van der Waals surface area contributed by atoms with Gasteiger partial charge in [-0.1, -0.05) is 13.8 Å². The minimum atomic E-state index is -0.146. The van der Waals surface area contributed by atoms with Gasteiger partial charge in [-0.3, -0.25) is 0 Å². The molecule has 0 saturated carbocycles. The van der Waals surface area contributed by atoms with Gasteiger partial charge in [0.05, 0.1) is 17.8 Å². The number of hydrogen-bond acceptors (Lipinski definition) is 3. The Bertz CT molecular complexity index is 224. The molecule has 16 heavy (non-hydrogen) atoms. The monoisotopic (exact) mass is 227 g/mol. The van der Waals surface area contributed by atoms with E-state index in [1.54, 1.807) is 0 Å². The molecule has 0 aromatic carbocycles. The molecule has 0 amide bonds. The molecule has 2 fully saturated rings. The van der Waals surface area contributed by atoms with Gasteiger partial charge in [-0.05, 0) is 32.2 Å². The Morgan fingerprint density at radius 3 is 2.56 bits per heavy atom. The zero-order valence-corrected chi connectivity index (χ0v) is 10.6. The number of aliphatic hydroxyl groups excluding tert-OH is 1. The molecule has 2 atom stereocenters. The Labute approximate surface area is 98.8 Å². The number of aliphatic hydroxyl groups is 1. The Morgan fingerprint density at radius 1 is 1.31 bits per heavy atom. The summed E-state index contributed by atoms with van der Waals surface area (Å²) in [5.41, 5.74) is -0.00991. The van der Waals surface area contributed by atoms with Crippen molar-refractivity contribution in [2.75, 3.05) is 19.6 Å². The van der Waals surface area contributed by atoms with Crippen molar-refractivity contribution in [2.24, 2.45) is 0 Å². The van der Waals surface area contributed by atoms with Crippen molar-refractivity contribution < 1.29 is 9.84 Å². The van der Waals surface area contributed by atoms with E-state index in [0.717, 1.165) is 51.7 Å². The van der Waals surface area contributed by atoms with Gasteiger partial charge < -0.3 is 14.7 Å². The standard InChI is InChI=1S/C13H25NO2/c1-3-12-9-11(15)10-13(16-12)5-7-14(4-2)8-6-13/h11-12,15H,3-10H2,1-2H3/t11-,12+/m1/s1. The molecule has 2 rings (SSSR count). The van der Waals surface area contributed by atoms with Crippen molar-refractivity contribution in [3.05, 3.63) is 0 Å². The molecule has 3 heteroatoms. The van der Waals surface area contributed by atoms with E-state index in [1.807, 2.05) is 0 Å². The van der Waals surface area contributed by atoms with Gasteiger partial charge in [-0.2, -0.15) is 0 Å². The summed E-state index contributed by atoms with van der Waals surface area (Å²) in [6.45, 7) is 7.75. The number of ether oxygens (including phenoxy) is 1. The lowest BCUT2D eigenvalue weighted by atomic mass is 9.81. The van der Waals surface area contributed by atoms with Crippen LogP contribution in [-0.2, 0) is 4.74 Å². The lowest BCUT2D eigenvalue weighted by molar-refractivity contribution is -0.181. The average Bonchev–Trinajstić information content (AvgIpc) is 2.29. The van der Waals surface area contributed by atoms with Crippen molar-refractivity contribution in [3.63, 3.8) is 0 Å². The molecular weight excluding hydrogens is 202 g/mol. The number of likely N-dealkylation sites (tertiary alicyclic amines) is 1. The number of rotatable bonds is 2. The summed E-state index contributed by atoms with van der Waals surface area (Å²) < 4.78 is 6.24. The maximum atomic E-state index is 9.96. The van der Waals surface area contributed by atoms with Gasteiger partial charge in [0.2, 0.25) is 0 Å². The molecule has 0 aliphatic carbocycles. The predicted molar refractivity (Wildman–Crippen MR) is 64.5 cm³/mol. The summed E-state index contributed by atoms with van der Waals surface area (Å²) in [6, 6.07) is 0. The average molecular weight is 227 g/mol. The summed E-state index contributed by atoms with van der Waals surface area (Å²) >= 11 is 0. The fraction of sp³-hybridized carbons (Fsp3) is 1.00. The van der Waals surface area contributed by atoms with Crippen LogP contribution in [0.15, 0.2) is 0 Å². The Balaban J connectivity index is 1.96. The van der Waals surface area contributed by atoms with E-state index in [2.05, 4.69) is 18.7 Å². The Kier molecular flexibility index (Phi) is 3.88. The third-order valence-electron chi connectivity index (χ3n) is 4.23. The number of hydrogen-bond donors (Lipinski definition) is 1. The third kappa shape index (κ3) is 2.58. The second kappa shape index (κ2) is 5.03. The van der Waals surface area contributed by atoms with Gasteiger partial charge in [0.25, 0.3) is 0 Å². The molecule has 2 aliphatic rings. The van der Waals surface area contributed by atoms with E-state index >= 15 is 0 Å².